The predicted molar refractivity (Wildman–Crippen MR) is 71.0 cm³/mol. The maximum atomic E-state index is 11.8. The summed E-state index contributed by atoms with van der Waals surface area (Å²) >= 11 is 1.23. The first-order chi connectivity index (χ1) is 9.19. The highest BCUT2D eigenvalue weighted by Gasteiger charge is 2.09. The number of hydrogen-bond acceptors (Lipinski definition) is 6. The molecule has 0 aliphatic carbocycles. The lowest BCUT2D eigenvalue weighted by molar-refractivity contribution is 0.102. The Bertz CT molecular complexity index is 688. The maximum absolute atomic E-state index is 11.8. The van der Waals surface area contributed by atoms with Crippen LogP contribution in [0.3, 0.4) is 0 Å². The molecule has 7 heteroatoms. The van der Waals surface area contributed by atoms with Crippen LogP contribution in [0.4, 0.5) is 5.13 Å². The van der Waals surface area contributed by atoms with Crippen LogP contribution in [0, 0.1) is 11.8 Å². The van der Waals surface area contributed by atoms with Crippen molar-refractivity contribution < 1.29 is 9.21 Å². The Balaban J connectivity index is 2.08. The highest BCUT2D eigenvalue weighted by Crippen LogP contribution is 2.17. The molecule has 0 atom stereocenters. The van der Waals surface area contributed by atoms with Crippen LogP contribution >= 0.6 is 11.3 Å². The number of amides is 1. The average Bonchev–Trinajstić information content (AvgIpc) is 2.84. The van der Waals surface area contributed by atoms with E-state index in [4.69, 9.17) is 5.73 Å². The molecule has 1 amide bonds. The molecule has 3 N–H and O–H groups in total. The van der Waals surface area contributed by atoms with Crippen LogP contribution in [0.5, 0.6) is 0 Å². The molecule has 6 nitrogen and oxygen atoms in total. The second kappa shape index (κ2) is 5.95. The number of carbonyl (C=O) groups excluding carboxylic acids is 1. The van der Waals surface area contributed by atoms with Gasteiger partial charge in [-0.1, -0.05) is 23.2 Å². The first kappa shape index (κ1) is 13.0. The molecule has 0 bridgehead atoms. The van der Waals surface area contributed by atoms with Gasteiger partial charge in [-0.05, 0) is 6.07 Å². The Morgan fingerprint density at radius 1 is 1.53 bits per heavy atom. The third kappa shape index (κ3) is 3.51. The smallest absolute Gasteiger partial charge is 0.335 e. The molecule has 0 aromatic carbocycles. The maximum Gasteiger partial charge on any atom is 0.335 e. The number of hydrogen-bond donors (Lipinski definition) is 2. The summed E-state index contributed by atoms with van der Waals surface area (Å²) in [4.78, 5) is 27.3. The van der Waals surface area contributed by atoms with Crippen LogP contribution in [0.25, 0.3) is 0 Å². The van der Waals surface area contributed by atoms with Crippen molar-refractivity contribution in [3.8, 4) is 11.8 Å². The van der Waals surface area contributed by atoms with E-state index in [0.29, 0.717) is 10.0 Å². The number of nitrogens with one attached hydrogen (secondary N) is 1. The fourth-order valence-electron chi connectivity index (χ4n) is 1.18. The van der Waals surface area contributed by atoms with Gasteiger partial charge in [-0.25, -0.2) is 9.78 Å². The minimum absolute atomic E-state index is 0.240. The lowest BCUT2D eigenvalue weighted by Crippen LogP contribution is -2.12. The second-order valence-corrected chi connectivity index (χ2v) is 4.36. The van der Waals surface area contributed by atoms with Crippen LogP contribution < -0.4 is 16.7 Å². The second-order valence-electron chi connectivity index (χ2n) is 3.33. The first-order valence-electron chi connectivity index (χ1n) is 5.24. The molecule has 0 radical (unpaired) electrons. The zero-order chi connectivity index (χ0) is 13.7. The molecule has 2 rings (SSSR count). The number of nitrogens with zero attached hydrogens (tertiary/aromatic N) is 1. The SMILES string of the molecule is NCC#Cc1cnc(NC(=O)c2ccc(=O)oc2)s1. The molecule has 2 aromatic heterocycles. The highest BCUT2D eigenvalue weighted by molar-refractivity contribution is 7.16. The van der Waals surface area contributed by atoms with E-state index in [1.165, 1.54) is 23.5 Å². The van der Waals surface area contributed by atoms with Gasteiger partial charge in [0.25, 0.3) is 5.91 Å². The van der Waals surface area contributed by atoms with Gasteiger partial charge in [-0.3, -0.25) is 10.1 Å². The van der Waals surface area contributed by atoms with Gasteiger partial charge >= 0.3 is 5.63 Å². The van der Waals surface area contributed by atoms with Crippen LogP contribution in [0.15, 0.2) is 33.8 Å². The molecule has 0 saturated carbocycles. The van der Waals surface area contributed by atoms with Crippen LogP contribution in [0.1, 0.15) is 15.2 Å². The van der Waals surface area contributed by atoms with Gasteiger partial charge in [-0.2, -0.15) is 0 Å². The lowest BCUT2D eigenvalue weighted by atomic mass is 10.3. The highest BCUT2D eigenvalue weighted by atomic mass is 32.1. The summed E-state index contributed by atoms with van der Waals surface area (Å²) in [6, 6.07) is 2.55. The molecule has 2 heterocycles. The molecule has 96 valence electrons. The van der Waals surface area contributed by atoms with E-state index in [0.717, 1.165) is 6.26 Å². The fourth-order valence-corrected chi connectivity index (χ4v) is 1.87. The molecule has 2 aromatic rings. The summed E-state index contributed by atoms with van der Waals surface area (Å²) in [5.74, 6) is 5.10. The van der Waals surface area contributed by atoms with Crippen LogP contribution in [0.2, 0.25) is 0 Å². The normalized spacial score (nSPS) is 9.53. The number of aromatic nitrogens is 1. The molecule has 0 saturated heterocycles. The zero-order valence-corrected chi connectivity index (χ0v) is 10.5. The molecule has 0 fully saturated rings. The Morgan fingerprint density at radius 3 is 3.05 bits per heavy atom. The molecule has 0 aliphatic heterocycles. The van der Waals surface area contributed by atoms with Gasteiger partial charge in [0.2, 0.25) is 0 Å². The Hall–Kier alpha value is -2.43. The topological polar surface area (TPSA) is 98.2 Å². The van der Waals surface area contributed by atoms with E-state index in [9.17, 15) is 9.59 Å². The van der Waals surface area contributed by atoms with E-state index in [-0.39, 0.29) is 12.1 Å². The van der Waals surface area contributed by atoms with Crippen molar-refractivity contribution in [3.05, 3.63) is 45.5 Å². The Morgan fingerprint density at radius 2 is 2.37 bits per heavy atom. The molecule has 0 spiro atoms. The van der Waals surface area contributed by atoms with Gasteiger partial charge in [0.1, 0.15) is 6.26 Å². The van der Waals surface area contributed by atoms with Crippen molar-refractivity contribution in [1.29, 1.82) is 0 Å². The quantitative estimate of drug-likeness (QED) is 0.784. The molecule has 0 unspecified atom stereocenters. The van der Waals surface area contributed by atoms with Gasteiger partial charge < -0.3 is 10.2 Å². The summed E-state index contributed by atoms with van der Waals surface area (Å²) in [5, 5.41) is 3.00. The fraction of sp³-hybridized carbons (Fsp3) is 0.0833. The van der Waals surface area contributed by atoms with Crippen molar-refractivity contribution in [2.45, 2.75) is 0 Å². The molecule has 19 heavy (non-hydrogen) atoms. The van der Waals surface area contributed by atoms with E-state index < -0.39 is 11.5 Å². The van der Waals surface area contributed by atoms with E-state index in [1.54, 1.807) is 6.20 Å². The third-order valence-electron chi connectivity index (χ3n) is 2.00. The molecular formula is C12H9N3O3S. The summed E-state index contributed by atoms with van der Waals surface area (Å²) in [6.45, 7) is 0.267. The van der Waals surface area contributed by atoms with Crippen molar-refractivity contribution in [1.82, 2.24) is 4.98 Å². The number of carbonyl (C=O) groups is 1. The Labute approximate surface area is 112 Å². The van der Waals surface area contributed by atoms with Crippen molar-refractivity contribution in [2.75, 3.05) is 11.9 Å². The minimum atomic E-state index is -0.509. The zero-order valence-electron chi connectivity index (χ0n) is 9.67. The molecular weight excluding hydrogens is 266 g/mol. The van der Waals surface area contributed by atoms with Gasteiger partial charge in [0.05, 0.1) is 23.2 Å². The van der Waals surface area contributed by atoms with E-state index >= 15 is 0 Å². The predicted octanol–water partition coefficient (Wildman–Crippen LogP) is 0.659. The monoisotopic (exact) mass is 275 g/mol. The standard InChI is InChI=1S/C12H9N3O3S/c13-5-1-2-9-6-14-12(19-9)15-11(17)8-3-4-10(16)18-7-8/h3-4,6-7H,5,13H2,(H,14,15,17). The largest absolute Gasteiger partial charge is 0.430 e. The number of nitrogens with two attached hydrogens (primary N) is 1. The van der Waals surface area contributed by atoms with Gasteiger partial charge in [0.15, 0.2) is 5.13 Å². The summed E-state index contributed by atoms with van der Waals surface area (Å²) in [5.41, 5.74) is 4.99. The van der Waals surface area contributed by atoms with Crippen LogP contribution in [-0.2, 0) is 0 Å². The number of anilines is 1. The van der Waals surface area contributed by atoms with E-state index in [2.05, 4.69) is 26.6 Å². The number of rotatable bonds is 2. The molecule has 0 aliphatic rings. The lowest BCUT2D eigenvalue weighted by Gasteiger charge is -1.99. The minimum Gasteiger partial charge on any atom is -0.430 e. The van der Waals surface area contributed by atoms with Crippen molar-refractivity contribution in [3.63, 3.8) is 0 Å². The van der Waals surface area contributed by atoms with Gasteiger partial charge in [-0.15, -0.1) is 0 Å². The summed E-state index contributed by atoms with van der Waals surface area (Å²) in [7, 11) is 0. The summed E-state index contributed by atoms with van der Waals surface area (Å²) < 4.78 is 4.61. The van der Waals surface area contributed by atoms with Crippen molar-refractivity contribution >= 4 is 22.4 Å². The number of thiazole rings is 1. The Kier molecular flexibility index (Phi) is 4.07. The van der Waals surface area contributed by atoms with Crippen molar-refractivity contribution in [2.24, 2.45) is 5.73 Å². The average molecular weight is 275 g/mol. The van der Waals surface area contributed by atoms with E-state index in [1.807, 2.05) is 0 Å². The van der Waals surface area contributed by atoms with Gasteiger partial charge in [0, 0.05) is 6.07 Å². The van der Waals surface area contributed by atoms with Crippen LogP contribution in [-0.4, -0.2) is 17.4 Å². The summed E-state index contributed by atoms with van der Waals surface area (Å²) in [6.07, 6.45) is 2.65. The first-order valence-corrected chi connectivity index (χ1v) is 6.05. The third-order valence-corrected chi connectivity index (χ3v) is 2.83.